The topological polar surface area (TPSA) is 15.3 Å². The highest BCUT2D eigenvalue weighted by atomic mass is 15.1. The summed E-state index contributed by atoms with van der Waals surface area (Å²) in [5.74, 6) is 0.961. The van der Waals surface area contributed by atoms with Gasteiger partial charge in [0.25, 0.3) is 0 Å². The fourth-order valence-electron chi connectivity index (χ4n) is 2.30. The number of hydrogen-bond acceptors (Lipinski definition) is 2. The first kappa shape index (κ1) is 13.0. The van der Waals surface area contributed by atoms with Crippen LogP contribution in [0, 0.1) is 5.92 Å². The van der Waals surface area contributed by atoms with E-state index in [-0.39, 0.29) is 0 Å². The first-order valence-electron chi connectivity index (χ1n) is 6.72. The van der Waals surface area contributed by atoms with Crippen LogP contribution in [0.3, 0.4) is 0 Å². The van der Waals surface area contributed by atoms with E-state index in [0.29, 0.717) is 6.04 Å². The van der Waals surface area contributed by atoms with Crippen LogP contribution in [0.25, 0.3) is 0 Å². The van der Waals surface area contributed by atoms with E-state index in [0.717, 1.165) is 12.5 Å². The molecule has 0 bridgehead atoms. The summed E-state index contributed by atoms with van der Waals surface area (Å²) in [5.41, 5.74) is 0. The van der Waals surface area contributed by atoms with Crippen molar-refractivity contribution >= 4 is 0 Å². The molecular formula is C13H28N2. The van der Waals surface area contributed by atoms with Gasteiger partial charge in [0.05, 0.1) is 0 Å². The molecule has 0 aliphatic carbocycles. The zero-order valence-corrected chi connectivity index (χ0v) is 10.8. The lowest BCUT2D eigenvalue weighted by Crippen LogP contribution is -2.40. The van der Waals surface area contributed by atoms with Gasteiger partial charge >= 0.3 is 0 Å². The standard InChI is InChI=1S/C13H28N2/c1-4-12(3)14-8-10-15-9-6-7-13(5-2)11-15/h12-14H,4-11H2,1-3H3. The maximum atomic E-state index is 3.57. The molecular weight excluding hydrogens is 184 g/mol. The van der Waals surface area contributed by atoms with Gasteiger partial charge in [-0.1, -0.05) is 20.3 Å². The van der Waals surface area contributed by atoms with E-state index in [1.54, 1.807) is 0 Å². The van der Waals surface area contributed by atoms with E-state index in [1.807, 2.05) is 0 Å². The summed E-state index contributed by atoms with van der Waals surface area (Å²) in [6.07, 6.45) is 5.44. The Labute approximate surface area is 95.4 Å². The van der Waals surface area contributed by atoms with Crippen molar-refractivity contribution in [2.45, 2.75) is 52.5 Å². The lowest BCUT2D eigenvalue weighted by atomic mass is 9.96. The largest absolute Gasteiger partial charge is 0.313 e. The maximum Gasteiger partial charge on any atom is 0.0107 e. The van der Waals surface area contributed by atoms with Gasteiger partial charge in [-0.2, -0.15) is 0 Å². The predicted molar refractivity (Wildman–Crippen MR) is 67.2 cm³/mol. The van der Waals surface area contributed by atoms with Crippen LogP contribution in [-0.4, -0.2) is 37.1 Å². The summed E-state index contributed by atoms with van der Waals surface area (Å²) >= 11 is 0. The molecule has 15 heavy (non-hydrogen) atoms. The van der Waals surface area contributed by atoms with Crippen molar-refractivity contribution in [2.75, 3.05) is 26.2 Å². The summed E-state index contributed by atoms with van der Waals surface area (Å²) in [6, 6.07) is 0.678. The summed E-state index contributed by atoms with van der Waals surface area (Å²) < 4.78 is 0. The molecule has 0 saturated carbocycles. The van der Waals surface area contributed by atoms with Gasteiger partial charge in [-0.15, -0.1) is 0 Å². The van der Waals surface area contributed by atoms with E-state index in [2.05, 4.69) is 31.0 Å². The van der Waals surface area contributed by atoms with Crippen molar-refractivity contribution in [3.05, 3.63) is 0 Å². The van der Waals surface area contributed by atoms with Gasteiger partial charge < -0.3 is 10.2 Å². The maximum absolute atomic E-state index is 3.57. The van der Waals surface area contributed by atoms with Crippen LogP contribution in [0.5, 0.6) is 0 Å². The van der Waals surface area contributed by atoms with Crippen molar-refractivity contribution < 1.29 is 0 Å². The Morgan fingerprint density at radius 1 is 1.40 bits per heavy atom. The first-order chi connectivity index (χ1) is 7.26. The van der Waals surface area contributed by atoms with Crippen molar-refractivity contribution in [3.8, 4) is 0 Å². The van der Waals surface area contributed by atoms with Gasteiger partial charge in [-0.25, -0.2) is 0 Å². The molecule has 0 spiro atoms. The summed E-state index contributed by atoms with van der Waals surface area (Å²) in [6.45, 7) is 11.9. The minimum Gasteiger partial charge on any atom is -0.313 e. The number of nitrogens with zero attached hydrogens (tertiary/aromatic N) is 1. The Hall–Kier alpha value is -0.0800. The Balaban J connectivity index is 2.10. The Bertz CT molecular complexity index is 159. The molecule has 0 aromatic carbocycles. The van der Waals surface area contributed by atoms with Crippen molar-refractivity contribution in [2.24, 2.45) is 5.92 Å². The lowest BCUT2D eigenvalue weighted by molar-refractivity contribution is 0.171. The van der Waals surface area contributed by atoms with E-state index in [4.69, 9.17) is 0 Å². The molecule has 1 aliphatic heterocycles. The van der Waals surface area contributed by atoms with Gasteiger partial charge in [0.2, 0.25) is 0 Å². The fraction of sp³-hybridized carbons (Fsp3) is 1.00. The smallest absolute Gasteiger partial charge is 0.0107 e. The molecule has 0 aromatic rings. The van der Waals surface area contributed by atoms with E-state index in [9.17, 15) is 0 Å². The highest BCUT2D eigenvalue weighted by molar-refractivity contribution is 4.72. The van der Waals surface area contributed by atoms with Crippen LogP contribution < -0.4 is 5.32 Å². The van der Waals surface area contributed by atoms with Crippen LogP contribution in [0.1, 0.15) is 46.5 Å². The van der Waals surface area contributed by atoms with E-state index >= 15 is 0 Å². The molecule has 2 atom stereocenters. The Morgan fingerprint density at radius 2 is 2.20 bits per heavy atom. The summed E-state index contributed by atoms with van der Waals surface area (Å²) in [5, 5.41) is 3.57. The van der Waals surface area contributed by atoms with Gasteiger partial charge in [0.15, 0.2) is 0 Å². The average Bonchev–Trinajstić information content (AvgIpc) is 2.29. The molecule has 2 heteroatoms. The number of likely N-dealkylation sites (tertiary alicyclic amines) is 1. The minimum absolute atomic E-state index is 0.678. The molecule has 1 aliphatic rings. The molecule has 0 radical (unpaired) electrons. The van der Waals surface area contributed by atoms with Crippen molar-refractivity contribution in [1.29, 1.82) is 0 Å². The normalized spacial score (nSPS) is 25.4. The zero-order valence-electron chi connectivity index (χ0n) is 10.8. The number of rotatable bonds is 6. The van der Waals surface area contributed by atoms with Gasteiger partial charge in [0.1, 0.15) is 0 Å². The molecule has 1 heterocycles. The summed E-state index contributed by atoms with van der Waals surface area (Å²) in [7, 11) is 0. The molecule has 1 saturated heterocycles. The van der Waals surface area contributed by atoms with E-state index in [1.165, 1.54) is 45.3 Å². The average molecular weight is 212 g/mol. The van der Waals surface area contributed by atoms with Crippen LogP contribution in [-0.2, 0) is 0 Å². The minimum atomic E-state index is 0.678. The Morgan fingerprint density at radius 3 is 2.87 bits per heavy atom. The van der Waals surface area contributed by atoms with Crippen molar-refractivity contribution in [3.63, 3.8) is 0 Å². The third kappa shape index (κ3) is 4.98. The SMILES string of the molecule is CCC1CCCN(CCNC(C)CC)C1. The molecule has 1 N–H and O–H groups in total. The van der Waals surface area contributed by atoms with Gasteiger partial charge in [0, 0.05) is 25.7 Å². The van der Waals surface area contributed by atoms with Gasteiger partial charge in [-0.3, -0.25) is 0 Å². The molecule has 0 aromatic heterocycles. The first-order valence-corrected chi connectivity index (χ1v) is 6.72. The second-order valence-electron chi connectivity index (χ2n) is 4.98. The van der Waals surface area contributed by atoms with Crippen molar-refractivity contribution in [1.82, 2.24) is 10.2 Å². The van der Waals surface area contributed by atoms with Crippen LogP contribution >= 0.6 is 0 Å². The molecule has 0 amide bonds. The van der Waals surface area contributed by atoms with Crippen LogP contribution in [0.2, 0.25) is 0 Å². The lowest BCUT2D eigenvalue weighted by Gasteiger charge is -2.32. The molecule has 1 fully saturated rings. The molecule has 2 unspecified atom stereocenters. The van der Waals surface area contributed by atoms with Crippen LogP contribution in [0.4, 0.5) is 0 Å². The second kappa shape index (κ2) is 7.24. The second-order valence-corrected chi connectivity index (χ2v) is 4.98. The highest BCUT2D eigenvalue weighted by Gasteiger charge is 2.17. The molecule has 90 valence electrons. The molecule has 2 nitrogen and oxygen atoms in total. The third-order valence-corrected chi connectivity index (χ3v) is 3.71. The monoisotopic (exact) mass is 212 g/mol. The fourth-order valence-corrected chi connectivity index (χ4v) is 2.30. The highest BCUT2D eigenvalue weighted by Crippen LogP contribution is 2.18. The number of hydrogen-bond donors (Lipinski definition) is 1. The van der Waals surface area contributed by atoms with E-state index < -0.39 is 0 Å². The summed E-state index contributed by atoms with van der Waals surface area (Å²) in [4.78, 5) is 2.63. The van der Waals surface area contributed by atoms with Gasteiger partial charge in [-0.05, 0) is 38.6 Å². The Kier molecular flexibility index (Phi) is 6.26. The quantitative estimate of drug-likeness (QED) is 0.728. The molecule has 1 rings (SSSR count). The zero-order chi connectivity index (χ0) is 11.1. The third-order valence-electron chi connectivity index (χ3n) is 3.71. The van der Waals surface area contributed by atoms with Crippen LogP contribution in [0.15, 0.2) is 0 Å². The number of piperidine rings is 1. The predicted octanol–water partition coefficient (Wildman–Crippen LogP) is 2.50. The number of nitrogens with one attached hydrogen (secondary N) is 1.